The Bertz CT molecular complexity index is 445. The standard InChI is InChI=1S/C11H12F2N2O2/c12-6-3-8(10(13)9(14)4-6)11(16)15-7-1-2-17-5-7/h3-4,7H,1-2,5,14H2,(H,15,16). The zero-order chi connectivity index (χ0) is 12.4. The van der Waals surface area contributed by atoms with E-state index >= 15 is 0 Å². The average Bonchev–Trinajstić information content (AvgIpc) is 2.76. The van der Waals surface area contributed by atoms with Crippen molar-refractivity contribution >= 4 is 11.6 Å². The summed E-state index contributed by atoms with van der Waals surface area (Å²) < 4.78 is 31.6. The summed E-state index contributed by atoms with van der Waals surface area (Å²) in [6, 6.07) is 1.51. The molecular formula is C11H12F2N2O2. The van der Waals surface area contributed by atoms with Crippen molar-refractivity contribution in [1.29, 1.82) is 0 Å². The highest BCUT2D eigenvalue weighted by atomic mass is 19.1. The van der Waals surface area contributed by atoms with Crippen LogP contribution in [-0.4, -0.2) is 25.2 Å². The van der Waals surface area contributed by atoms with Gasteiger partial charge in [-0.15, -0.1) is 0 Å². The SMILES string of the molecule is Nc1cc(F)cc(C(=O)NC2CCOC2)c1F. The van der Waals surface area contributed by atoms with E-state index in [2.05, 4.69) is 5.32 Å². The van der Waals surface area contributed by atoms with Gasteiger partial charge in [-0.05, 0) is 18.6 Å². The molecular weight excluding hydrogens is 230 g/mol. The quantitative estimate of drug-likeness (QED) is 0.762. The molecule has 1 aromatic carbocycles. The number of nitrogens with one attached hydrogen (secondary N) is 1. The van der Waals surface area contributed by atoms with Gasteiger partial charge < -0.3 is 15.8 Å². The second-order valence-electron chi connectivity index (χ2n) is 3.89. The Morgan fingerprint density at radius 3 is 2.88 bits per heavy atom. The fourth-order valence-electron chi connectivity index (χ4n) is 1.69. The molecule has 2 rings (SSSR count). The van der Waals surface area contributed by atoms with E-state index in [9.17, 15) is 13.6 Å². The van der Waals surface area contributed by atoms with E-state index in [1.165, 1.54) is 0 Å². The highest BCUT2D eigenvalue weighted by Crippen LogP contribution is 2.18. The molecule has 3 N–H and O–H groups in total. The first kappa shape index (κ1) is 11.8. The lowest BCUT2D eigenvalue weighted by Crippen LogP contribution is -2.35. The minimum Gasteiger partial charge on any atom is -0.396 e. The molecule has 1 aromatic rings. The monoisotopic (exact) mass is 242 g/mol. The first-order valence-corrected chi connectivity index (χ1v) is 5.21. The van der Waals surface area contributed by atoms with Crippen LogP contribution in [0.3, 0.4) is 0 Å². The molecule has 1 unspecified atom stereocenters. The second kappa shape index (κ2) is 4.67. The Morgan fingerprint density at radius 2 is 2.24 bits per heavy atom. The van der Waals surface area contributed by atoms with Gasteiger partial charge in [-0.3, -0.25) is 4.79 Å². The Hall–Kier alpha value is -1.69. The third kappa shape index (κ3) is 2.52. The van der Waals surface area contributed by atoms with Crippen molar-refractivity contribution in [2.45, 2.75) is 12.5 Å². The molecule has 0 bridgehead atoms. The van der Waals surface area contributed by atoms with Crippen LogP contribution in [-0.2, 0) is 4.74 Å². The molecule has 1 aliphatic heterocycles. The van der Waals surface area contributed by atoms with Crippen LogP contribution in [0.15, 0.2) is 12.1 Å². The van der Waals surface area contributed by atoms with Crippen molar-refractivity contribution in [1.82, 2.24) is 5.32 Å². The first-order chi connectivity index (χ1) is 8.08. The van der Waals surface area contributed by atoms with E-state index in [0.717, 1.165) is 12.1 Å². The summed E-state index contributed by atoms with van der Waals surface area (Å²) in [6.07, 6.45) is 0.665. The van der Waals surface area contributed by atoms with Gasteiger partial charge in [-0.2, -0.15) is 0 Å². The lowest BCUT2D eigenvalue weighted by atomic mass is 10.1. The molecule has 0 aliphatic carbocycles. The highest BCUT2D eigenvalue weighted by molar-refractivity contribution is 5.95. The number of nitrogens with two attached hydrogens (primary N) is 1. The van der Waals surface area contributed by atoms with Gasteiger partial charge in [0, 0.05) is 6.61 Å². The molecule has 1 fully saturated rings. The van der Waals surface area contributed by atoms with E-state index in [0.29, 0.717) is 19.6 Å². The third-order valence-electron chi connectivity index (χ3n) is 2.58. The Morgan fingerprint density at radius 1 is 1.47 bits per heavy atom. The van der Waals surface area contributed by atoms with Crippen molar-refractivity contribution in [2.75, 3.05) is 18.9 Å². The minimum atomic E-state index is -0.900. The van der Waals surface area contributed by atoms with Gasteiger partial charge in [0.15, 0.2) is 5.82 Å². The summed E-state index contributed by atoms with van der Waals surface area (Å²) in [7, 11) is 0. The molecule has 1 aliphatic rings. The maximum atomic E-state index is 13.5. The van der Waals surface area contributed by atoms with Crippen LogP contribution in [0.2, 0.25) is 0 Å². The molecule has 4 nitrogen and oxygen atoms in total. The predicted molar refractivity (Wildman–Crippen MR) is 57.5 cm³/mol. The Kier molecular flexibility index (Phi) is 3.23. The van der Waals surface area contributed by atoms with Crippen LogP contribution >= 0.6 is 0 Å². The number of halogens is 2. The van der Waals surface area contributed by atoms with Crippen LogP contribution in [0.25, 0.3) is 0 Å². The van der Waals surface area contributed by atoms with Gasteiger partial charge in [-0.25, -0.2) is 8.78 Å². The van der Waals surface area contributed by atoms with Gasteiger partial charge in [-0.1, -0.05) is 0 Å². The fourth-order valence-corrected chi connectivity index (χ4v) is 1.69. The Labute approximate surface area is 96.7 Å². The van der Waals surface area contributed by atoms with Crippen LogP contribution in [0, 0.1) is 11.6 Å². The fraction of sp³-hybridized carbons (Fsp3) is 0.364. The third-order valence-corrected chi connectivity index (χ3v) is 2.58. The predicted octanol–water partition coefficient (Wildman–Crippen LogP) is 1.07. The molecule has 1 saturated heterocycles. The summed E-state index contributed by atoms with van der Waals surface area (Å²) >= 11 is 0. The van der Waals surface area contributed by atoms with Crippen molar-refractivity contribution in [2.24, 2.45) is 0 Å². The summed E-state index contributed by atoms with van der Waals surface area (Å²) in [4.78, 5) is 11.7. The number of anilines is 1. The summed E-state index contributed by atoms with van der Waals surface area (Å²) in [6.45, 7) is 0.941. The number of hydrogen-bond donors (Lipinski definition) is 2. The zero-order valence-corrected chi connectivity index (χ0v) is 9.00. The van der Waals surface area contributed by atoms with Crippen molar-refractivity contribution in [3.05, 3.63) is 29.3 Å². The molecule has 0 radical (unpaired) electrons. The number of carbonyl (C=O) groups is 1. The Balaban J connectivity index is 2.18. The largest absolute Gasteiger partial charge is 0.396 e. The molecule has 1 heterocycles. The van der Waals surface area contributed by atoms with E-state index in [1.807, 2.05) is 0 Å². The number of nitrogen functional groups attached to an aromatic ring is 1. The summed E-state index contributed by atoms with van der Waals surface area (Å²) in [5.41, 5.74) is 4.49. The molecule has 0 saturated carbocycles. The maximum Gasteiger partial charge on any atom is 0.254 e. The van der Waals surface area contributed by atoms with Crippen LogP contribution in [0.5, 0.6) is 0 Å². The number of carbonyl (C=O) groups excluding carboxylic acids is 1. The summed E-state index contributed by atoms with van der Waals surface area (Å²) in [5.74, 6) is -2.32. The smallest absolute Gasteiger partial charge is 0.254 e. The van der Waals surface area contributed by atoms with Gasteiger partial charge >= 0.3 is 0 Å². The van der Waals surface area contributed by atoms with Crippen molar-refractivity contribution in [3.8, 4) is 0 Å². The normalized spacial score (nSPS) is 19.3. The number of hydrogen-bond acceptors (Lipinski definition) is 3. The molecule has 6 heteroatoms. The molecule has 0 spiro atoms. The van der Waals surface area contributed by atoms with E-state index in [4.69, 9.17) is 10.5 Å². The number of ether oxygens (including phenoxy) is 1. The van der Waals surface area contributed by atoms with Crippen LogP contribution in [0.4, 0.5) is 14.5 Å². The number of amides is 1. The zero-order valence-electron chi connectivity index (χ0n) is 9.00. The van der Waals surface area contributed by atoms with Gasteiger partial charge in [0.2, 0.25) is 0 Å². The number of benzene rings is 1. The molecule has 1 atom stereocenters. The molecule has 92 valence electrons. The van der Waals surface area contributed by atoms with Gasteiger partial charge in [0.05, 0.1) is 23.9 Å². The summed E-state index contributed by atoms with van der Waals surface area (Å²) in [5, 5.41) is 2.56. The highest BCUT2D eigenvalue weighted by Gasteiger charge is 2.21. The number of rotatable bonds is 2. The minimum absolute atomic E-state index is 0.161. The van der Waals surface area contributed by atoms with Gasteiger partial charge in [0.25, 0.3) is 5.91 Å². The average molecular weight is 242 g/mol. The first-order valence-electron chi connectivity index (χ1n) is 5.21. The van der Waals surface area contributed by atoms with E-state index in [1.54, 1.807) is 0 Å². The molecule has 17 heavy (non-hydrogen) atoms. The van der Waals surface area contributed by atoms with E-state index in [-0.39, 0.29) is 17.3 Å². The van der Waals surface area contributed by atoms with Crippen LogP contribution < -0.4 is 11.1 Å². The lowest BCUT2D eigenvalue weighted by Gasteiger charge is -2.11. The van der Waals surface area contributed by atoms with Crippen molar-refractivity contribution in [3.63, 3.8) is 0 Å². The topological polar surface area (TPSA) is 64.4 Å². The molecule has 1 amide bonds. The molecule has 0 aromatic heterocycles. The van der Waals surface area contributed by atoms with Crippen molar-refractivity contribution < 1.29 is 18.3 Å². The maximum absolute atomic E-state index is 13.5. The van der Waals surface area contributed by atoms with E-state index < -0.39 is 17.5 Å². The van der Waals surface area contributed by atoms with Crippen LogP contribution in [0.1, 0.15) is 16.8 Å². The van der Waals surface area contributed by atoms with Gasteiger partial charge in [0.1, 0.15) is 5.82 Å². The second-order valence-corrected chi connectivity index (χ2v) is 3.89. The lowest BCUT2D eigenvalue weighted by molar-refractivity contribution is 0.0925.